The van der Waals surface area contributed by atoms with Crippen LogP contribution in [0.4, 0.5) is 5.69 Å². The number of nitro groups is 1. The fraction of sp³-hybridized carbons (Fsp3) is 0.263. The Morgan fingerprint density at radius 2 is 2.21 bits per heavy atom. The Bertz CT molecular complexity index is 1000. The molecule has 0 saturated heterocycles. The molecule has 0 aliphatic carbocycles. The summed E-state index contributed by atoms with van der Waals surface area (Å²) in [5.74, 6) is 0.388. The minimum absolute atomic E-state index is 0.0784. The Labute approximate surface area is 176 Å². The molecule has 0 aliphatic heterocycles. The number of hydrogen-bond donors (Lipinski definition) is 2. The molecule has 0 fully saturated rings. The molecule has 0 aliphatic rings. The summed E-state index contributed by atoms with van der Waals surface area (Å²) in [6, 6.07) is 7.89. The number of carbonyl (C=O) groups excluding carboxylic acids is 1. The number of nitro benzene ring substituents is 1. The first-order valence-corrected chi connectivity index (χ1v) is 10.5. The van der Waals surface area contributed by atoms with Crippen molar-refractivity contribution in [1.82, 2.24) is 10.3 Å². The quantitative estimate of drug-likeness (QED) is 0.418. The molecular formula is C19H21N4O4S2+. The van der Waals surface area contributed by atoms with E-state index in [0.29, 0.717) is 11.4 Å². The van der Waals surface area contributed by atoms with Gasteiger partial charge in [-0.3, -0.25) is 14.9 Å². The normalized spacial score (nSPS) is 12.1. The summed E-state index contributed by atoms with van der Waals surface area (Å²) in [7, 11) is 3.94. The molecule has 0 bridgehead atoms. The summed E-state index contributed by atoms with van der Waals surface area (Å²) < 4.78 is 6.25. The van der Waals surface area contributed by atoms with Gasteiger partial charge in [0.1, 0.15) is 0 Å². The van der Waals surface area contributed by atoms with Gasteiger partial charge in [0.25, 0.3) is 11.6 Å². The lowest BCUT2D eigenvalue weighted by atomic mass is 10.1. The van der Waals surface area contributed by atoms with Crippen molar-refractivity contribution >= 4 is 34.7 Å². The highest BCUT2D eigenvalue weighted by atomic mass is 32.2. The van der Waals surface area contributed by atoms with E-state index in [2.05, 4.69) is 10.3 Å². The monoisotopic (exact) mass is 433 g/mol. The van der Waals surface area contributed by atoms with E-state index >= 15 is 0 Å². The molecule has 3 rings (SSSR count). The van der Waals surface area contributed by atoms with Gasteiger partial charge in [-0.15, -0.1) is 11.3 Å². The molecule has 2 heterocycles. The molecular weight excluding hydrogens is 412 g/mol. The predicted octanol–water partition coefficient (Wildman–Crippen LogP) is 2.72. The number of nitrogens with one attached hydrogen (secondary N) is 2. The standard InChI is InChI=1S/C19H20N4O4S2/c1-12-11-28-19(21-12)29-17-7-6-13(23(25)26)9-14(17)18(24)20-10-15(22(2)3)16-5-4-8-27-16/h4-9,11,15H,10H2,1-3H3,(H,20,24)/p+1/t15-/m0/s1. The van der Waals surface area contributed by atoms with Crippen molar-refractivity contribution in [2.24, 2.45) is 0 Å². The zero-order chi connectivity index (χ0) is 21.0. The highest BCUT2D eigenvalue weighted by molar-refractivity contribution is 8.01. The number of quaternary nitrogens is 1. The number of carbonyl (C=O) groups is 1. The van der Waals surface area contributed by atoms with Crippen LogP contribution in [0.15, 0.2) is 55.6 Å². The van der Waals surface area contributed by atoms with E-state index in [0.717, 1.165) is 20.7 Å². The molecule has 2 N–H and O–H groups in total. The van der Waals surface area contributed by atoms with Crippen molar-refractivity contribution in [3.05, 3.63) is 69.1 Å². The van der Waals surface area contributed by atoms with E-state index in [1.54, 1.807) is 18.4 Å². The fourth-order valence-electron chi connectivity index (χ4n) is 2.74. The largest absolute Gasteiger partial charge is 0.463 e. The second-order valence-corrected chi connectivity index (χ2v) is 8.80. The number of aromatic nitrogens is 1. The molecule has 0 spiro atoms. The highest BCUT2D eigenvalue weighted by Crippen LogP contribution is 2.34. The number of furan rings is 1. The van der Waals surface area contributed by atoms with E-state index in [4.69, 9.17) is 4.42 Å². The second kappa shape index (κ2) is 9.21. The number of rotatable bonds is 8. The number of likely N-dealkylation sites (N-methyl/N-ethyl adjacent to an activating group) is 1. The van der Waals surface area contributed by atoms with E-state index in [9.17, 15) is 14.9 Å². The van der Waals surface area contributed by atoms with Crippen LogP contribution in [-0.2, 0) is 0 Å². The number of thiazole rings is 1. The van der Waals surface area contributed by atoms with Crippen LogP contribution in [0.25, 0.3) is 0 Å². The van der Waals surface area contributed by atoms with Crippen LogP contribution in [-0.4, -0.2) is 36.5 Å². The third-order valence-electron chi connectivity index (χ3n) is 4.26. The van der Waals surface area contributed by atoms with Gasteiger partial charge in [0.05, 0.1) is 37.4 Å². The molecule has 2 aromatic heterocycles. The van der Waals surface area contributed by atoms with Crippen molar-refractivity contribution < 1.29 is 19.0 Å². The number of nitrogens with zero attached hydrogens (tertiary/aromatic N) is 2. The van der Waals surface area contributed by atoms with Gasteiger partial charge in [-0.1, -0.05) is 11.8 Å². The first kappa shape index (κ1) is 21.0. The summed E-state index contributed by atoms with van der Waals surface area (Å²) in [4.78, 5) is 29.7. The van der Waals surface area contributed by atoms with Crippen LogP contribution in [0.5, 0.6) is 0 Å². The number of amides is 1. The molecule has 0 radical (unpaired) electrons. The van der Waals surface area contributed by atoms with Crippen LogP contribution < -0.4 is 10.2 Å². The topological polar surface area (TPSA) is 103 Å². The Kier molecular flexibility index (Phi) is 6.68. The van der Waals surface area contributed by atoms with Crippen molar-refractivity contribution in [1.29, 1.82) is 0 Å². The van der Waals surface area contributed by atoms with Gasteiger partial charge >= 0.3 is 0 Å². The fourth-order valence-corrected chi connectivity index (χ4v) is 4.64. The van der Waals surface area contributed by atoms with Crippen molar-refractivity contribution in [3.8, 4) is 0 Å². The maximum atomic E-state index is 12.9. The SMILES string of the molecule is Cc1csc(Sc2ccc([N+](=O)[O-])cc2C(=O)NC[C@@H](c2ccco2)[NH+](C)C)n1. The lowest BCUT2D eigenvalue weighted by Crippen LogP contribution is -3.07. The smallest absolute Gasteiger partial charge is 0.270 e. The number of hydrogen-bond acceptors (Lipinski definition) is 7. The van der Waals surface area contributed by atoms with Crippen LogP contribution in [0, 0.1) is 17.0 Å². The Morgan fingerprint density at radius 1 is 1.41 bits per heavy atom. The van der Waals surface area contributed by atoms with Gasteiger partial charge in [0.2, 0.25) is 0 Å². The van der Waals surface area contributed by atoms with Gasteiger partial charge in [0, 0.05) is 28.1 Å². The van der Waals surface area contributed by atoms with E-state index in [1.807, 2.05) is 32.5 Å². The lowest BCUT2D eigenvalue weighted by molar-refractivity contribution is -0.891. The average molecular weight is 434 g/mol. The molecule has 0 saturated carbocycles. The summed E-state index contributed by atoms with van der Waals surface area (Å²) in [5, 5.41) is 16.0. The molecule has 29 heavy (non-hydrogen) atoms. The van der Waals surface area contributed by atoms with Gasteiger partial charge in [-0.25, -0.2) is 4.98 Å². The van der Waals surface area contributed by atoms with Gasteiger partial charge < -0.3 is 14.6 Å². The van der Waals surface area contributed by atoms with Crippen LogP contribution in [0.3, 0.4) is 0 Å². The number of aryl methyl sites for hydroxylation is 1. The second-order valence-electron chi connectivity index (χ2n) is 6.65. The third-order valence-corrected chi connectivity index (χ3v) is 6.40. The zero-order valence-corrected chi connectivity index (χ0v) is 17.8. The first-order chi connectivity index (χ1) is 13.8. The molecule has 1 atom stereocenters. The molecule has 152 valence electrons. The predicted molar refractivity (Wildman–Crippen MR) is 111 cm³/mol. The highest BCUT2D eigenvalue weighted by Gasteiger charge is 2.24. The maximum Gasteiger partial charge on any atom is 0.270 e. The molecule has 8 nitrogen and oxygen atoms in total. The summed E-state index contributed by atoms with van der Waals surface area (Å²) in [6.45, 7) is 2.22. The minimum atomic E-state index is -0.506. The van der Waals surface area contributed by atoms with Gasteiger partial charge in [-0.05, 0) is 25.1 Å². The van der Waals surface area contributed by atoms with Crippen molar-refractivity contribution in [2.75, 3.05) is 20.6 Å². The van der Waals surface area contributed by atoms with Crippen LogP contribution >= 0.6 is 23.1 Å². The van der Waals surface area contributed by atoms with E-state index < -0.39 is 4.92 Å². The van der Waals surface area contributed by atoms with E-state index in [1.165, 1.54) is 35.2 Å². The Morgan fingerprint density at radius 3 is 2.79 bits per heavy atom. The molecule has 10 heteroatoms. The summed E-state index contributed by atoms with van der Waals surface area (Å²) >= 11 is 2.79. The van der Waals surface area contributed by atoms with Crippen LogP contribution in [0.2, 0.25) is 0 Å². The van der Waals surface area contributed by atoms with Crippen LogP contribution in [0.1, 0.15) is 27.9 Å². The molecule has 1 amide bonds. The summed E-state index contributed by atoms with van der Waals surface area (Å²) in [6.07, 6.45) is 1.60. The van der Waals surface area contributed by atoms with Gasteiger partial charge in [0.15, 0.2) is 16.1 Å². The maximum absolute atomic E-state index is 12.9. The first-order valence-electron chi connectivity index (χ1n) is 8.85. The zero-order valence-electron chi connectivity index (χ0n) is 16.2. The molecule has 0 unspecified atom stereocenters. The van der Waals surface area contributed by atoms with E-state index in [-0.39, 0.29) is 23.2 Å². The molecule has 1 aromatic carbocycles. The Hall–Kier alpha value is -2.69. The number of non-ortho nitro benzene ring substituents is 1. The van der Waals surface area contributed by atoms with Gasteiger partial charge in [-0.2, -0.15) is 0 Å². The lowest BCUT2D eigenvalue weighted by Gasteiger charge is -2.20. The van der Waals surface area contributed by atoms with Crippen molar-refractivity contribution in [2.45, 2.75) is 22.2 Å². The minimum Gasteiger partial charge on any atom is -0.463 e. The third kappa shape index (κ3) is 5.22. The Balaban J connectivity index is 1.83. The molecule has 3 aromatic rings. The number of benzene rings is 1. The van der Waals surface area contributed by atoms with Crippen molar-refractivity contribution in [3.63, 3.8) is 0 Å². The average Bonchev–Trinajstić information content (AvgIpc) is 3.33. The summed E-state index contributed by atoms with van der Waals surface area (Å²) in [5.41, 5.74) is 1.01.